The first kappa shape index (κ1) is 14.6. The highest BCUT2D eigenvalue weighted by atomic mass is 32.2. The molecule has 0 saturated carbocycles. The zero-order chi connectivity index (χ0) is 11.9. The molecule has 90 valence electrons. The Bertz CT molecular complexity index is 223. The van der Waals surface area contributed by atoms with E-state index in [1.807, 2.05) is 20.8 Å². The van der Waals surface area contributed by atoms with E-state index in [1.54, 1.807) is 6.26 Å². The summed E-state index contributed by atoms with van der Waals surface area (Å²) in [5, 5.41) is 2.95. The summed E-state index contributed by atoms with van der Waals surface area (Å²) in [7, 11) is -0.752. The highest BCUT2D eigenvalue weighted by molar-refractivity contribution is 7.84. The van der Waals surface area contributed by atoms with Gasteiger partial charge in [-0.1, -0.05) is 0 Å². The van der Waals surface area contributed by atoms with Crippen LogP contribution in [0.1, 0.15) is 27.2 Å². The summed E-state index contributed by atoms with van der Waals surface area (Å²) < 4.78 is 15.8. The van der Waals surface area contributed by atoms with E-state index in [0.717, 1.165) is 6.42 Å². The van der Waals surface area contributed by atoms with Gasteiger partial charge in [0, 0.05) is 22.8 Å². The molecule has 0 aliphatic heterocycles. The molecule has 5 heteroatoms. The van der Waals surface area contributed by atoms with E-state index in [2.05, 4.69) is 5.32 Å². The Hall–Kier alpha value is -0.420. The van der Waals surface area contributed by atoms with Crippen LogP contribution in [0.4, 0.5) is 0 Å². The number of carbonyl (C=O) groups is 1. The first-order chi connectivity index (χ1) is 6.81. The largest absolute Gasteiger partial charge is 0.459 e. The van der Waals surface area contributed by atoms with Crippen molar-refractivity contribution in [2.45, 2.75) is 32.8 Å². The first-order valence-electron chi connectivity index (χ1n) is 5.04. The Kier molecular flexibility index (Phi) is 6.76. The third kappa shape index (κ3) is 11.5. The molecule has 0 aliphatic carbocycles. The van der Waals surface area contributed by atoms with E-state index in [4.69, 9.17) is 4.74 Å². The highest BCUT2D eigenvalue weighted by Crippen LogP contribution is 2.05. The number of ether oxygens (including phenoxy) is 1. The van der Waals surface area contributed by atoms with Crippen molar-refractivity contribution < 1.29 is 13.7 Å². The second-order valence-electron chi connectivity index (χ2n) is 4.39. The van der Waals surface area contributed by atoms with Gasteiger partial charge in [0.25, 0.3) is 0 Å². The summed E-state index contributed by atoms with van der Waals surface area (Å²) in [6.45, 7) is 6.42. The lowest BCUT2D eigenvalue weighted by atomic mass is 10.2. The maximum absolute atomic E-state index is 11.2. The minimum absolute atomic E-state index is 0.216. The van der Waals surface area contributed by atoms with Crippen LogP contribution >= 0.6 is 0 Å². The molecule has 0 aromatic carbocycles. The summed E-state index contributed by atoms with van der Waals surface area (Å²) in [6.07, 6.45) is 2.49. The fourth-order valence-electron chi connectivity index (χ4n) is 0.968. The molecule has 15 heavy (non-hydrogen) atoms. The Morgan fingerprint density at radius 3 is 2.47 bits per heavy atom. The van der Waals surface area contributed by atoms with Gasteiger partial charge in [-0.3, -0.25) is 9.00 Å². The maximum atomic E-state index is 11.2. The topological polar surface area (TPSA) is 55.4 Å². The monoisotopic (exact) mass is 235 g/mol. The normalized spacial score (nSPS) is 13.6. The molecule has 0 spiro atoms. The van der Waals surface area contributed by atoms with Crippen molar-refractivity contribution in [2.75, 3.05) is 25.1 Å². The highest BCUT2D eigenvalue weighted by Gasteiger charge is 2.15. The van der Waals surface area contributed by atoms with Crippen LogP contribution in [-0.2, 0) is 20.3 Å². The van der Waals surface area contributed by atoms with Crippen LogP contribution in [0.5, 0.6) is 0 Å². The second-order valence-corrected chi connectivity index (χ2v) is 5.95. The van der Waals surface area contributed by atoms with E-state index in [-0.39, 0.29) is 12.5 Å². The number of carbonyl (C=O) groups excluding carboxylic acids is 1. The van der Waals surface area contributed by atoms with Crippen LogP contribution in [0.2, 0.25) is 0 Å². The summed E-state index contributed by atoms with van der Waals surface area (Å²) in [6, 6.07) is 0. The number of esters is 1. The Morgan fingerprint density at radius 2 is 2.00 bits per heavy atom. The molecular weight excluding hydrogens is 214 g/mol. The number of rotatable bonds is 6. The van der Waals surface area contributed by atoms with Crippen LogP contribution < -0.4 is 5.32 Å². The van der Waals surface area contributed by atoms with Gasteiger partial charge in [0.15, 0.2) is 0 Å². The standard InChI is InChI=1S/C10H21NO3S/c1-10(2,3)14-9(12)8-11-6-5-7-15(4)13/h11H,5-8H2,1-4H3. The lowest BCUT2D eigenvalue weighted by Gasteiger charge is -2.19. The van der Waals surface area contributed by atoms with Crippen LogP contribution in [0.15, 0.2) is 0 Å². The number of hydrogen-bond acceptors (Lipinski definition) is 4. The molecule has 0 bridgehead atoms. The van der Waals surface area contributed by atoms with Gasteiger partial charge in [-0.05, 0) is 33.7 Å². The quantitative estimate of drug-likeness (QED) is 0.543. The summed E-state index contributed by atoms with van der Waals surface area (Å²) in [4.78, 5) is 11.2. The van der Waals surface area contributed by atoms with Gasteiger partial charge in [-0.25, -0.2) is 0 Å². The van der Waals surface area contributed by atoms with Crippen molar-refractivity contribution in [3.05, 3.63) is 0 Å². The van der Waals surface area contributed by atoms with Gasteiger partial charge in [0.1, 0.15) is 5.60 Å². The average Bonchev–Trinajstić information content (AvgIpc) is 1.99. The van der Waals surface area contributed by atoms with Gasteiger partial charge in [-0.2, -0.15) is 0 Å². The molecule has 0 aliphatic rings. The molecule has 0 fully saturated rings. The zero-order valence-electron chi connectivity index (χ0n) is 9.96. The van der Waals surface area contributed by atoms with Crippen molar-refractivity contribution in [3.8, 4) is 0 Å². The molecule has 0 amide bonds. The van der Waals surface area contributed by atoms with Crippen molar-refractivity contribution in [3.63, 3.8) is 0 Å². The Balaban J connectivity index is 3.44. The predicted molar refractivity (Wildman–Crippen MR) is 62.3 cm³/mol. The van der Waals surface area contributed by atoms with Gasteiger partial charge in [-0.15, -0.1) is 0 Å². The zero-order valence-corrected chi connectivity index (χ0v) is 10.8. The molecule has 1 unspecified atom stereocenters. The molecule has 0 radical (unpaired) electrons. The van der Waals surface area contributed by atoms with Crippen molar-refractivity contribution in [1.29, 1.82) is 0 Å². The lowest BCUT2D eigenvalue weighted by Crippen LogP contribution is -2.32. The van der Waals surface area contributed by atoms with Crippen LogP contribution in [0, 0.1) is 0 Å². The molecule has 0 saturated heterocycles. The van der Waals surface area contributed by atoms with E-state index < -0.39 is 16.4 Å². The minimum atomic E-state index is -0.752. The molecule has 0 aromatic heterocycles. The summed E-state index contributed by atoms with van der Waals surface area (Å²) in [5.74, 6) is 0.418. The SMILES string of the molecule is CS(=O)CCCNCC(=O)OC(C)(C)C. The predicted octanol–water partition coefficient (Wildman–Crippen LogP) is 0.686. The van der Waals surface area contributed by atoms with Crippen LogP contribution in [-0.4, -0.2) is 40.9 Å². The Labute approximate surface area is 94.2 Å². The van der Waals surface area contributed by atoms with Crippen molar-refractivity contribution >= 4 is 16.8 Å². The lowest BCUT2D eigenvalue weighted by molar-refractivity contribution is -0.153. The van der Waals surface area contributed by atoms with Crippen molar-refractivity contribution in [2.24, 2.45) is 0 Å². The molecule has 1 N–H and O–H groups in total. The molecule has 0 aromatic rings. The maximum Gasteiger partial charge on any atom is 0.320 e. The molecule has 4 nitrogen and oxygen atoms in total. The third-order valence-electron chi connectivity index (χ3n) is 1.47. The second kappa shape index (κ2) is 6.95. The van der Waals surface area contributed by atoms with E-state index in [0.29, 0.717) is 12.3 Å². The van der Waals surface area contributed by atoms with Gasteiger partial charge in [0.2, 0.25) is 0 Å². The minimum Gasteiger partial charge on any atom is -0.459 e. The summed E-state index contributed by atoms with van der Waals surface area (Å²) in [5.41, 5.74) is -0.427. The fourth-order valence-corrected chi connectivity index (χ4v) is 1.52. The molecule has 0 heterocycles. The number of hydrogen-bond donors (Lipinski definition) is 1. The number of nitrogens with one attached hydrogen (secondary N) is 1. The van der Waals surface area contributed by atoms with Crippen molar-refractivity contribution in [1.82, 2.24) is 5.32 Å². The van der Waals surface area contributed by atoms with Gasteiger partial charge < -0.3 is 10.1 Å². The molecular formula is C10H21NO3S. The summed E-state index contributed by atoms with van der Waals surface area (Å²) >= 11 is 0. The van der Waals surface area contributed by atoms with Gasteiger partial charge >= 0.3 is 5.97 Å². The van der Waals surface area contributed by atoms with E-state index >= 15 is 0 Å². The van der Waals surface area contributed by atoms with Crippen LogP contribution in [0.25, 0.3) is 0 Å². The molecule has 0 rings (SSSR count). The molecule has 1 atom stereocenters. The van der Waals surface area contributed by atoms with E-state index in [1.165, 1.54) is 0 Å². The third-order valence-corrected chi connectivity index (χ3v) is 2.34. The average molecular weight is 235 g/mol. The Morgan fingerprint density at radius 1 is 1.40 bits per heavy atom. The smallest absolute Gasteiger partial charge is 0.320 e. The van der Waals surface area contributed by atoms with Gasteiger partial charge in [0.05, 0.1) is 6.54 Å². The van der Waals surface area contributed by atoms with Crippen LogP contribution in [0.3, 0.4) is 0 Å². The fraction of sp³-hybridized carbons (Fsp3) is 0.900. The first-order valence-corrected chi connectivity index (χ1v) is 6.76. The van der Waals surface area contributed by atoms with E-state index in [9.17, 15) is 9.00 Å².